The lowest BCUT2D eigenvalue weighted by atomic mass is 10.0. The standard InChI is InChI=1S/C21H21N5O2/c1-13(2)20(21-23-14-7-3-4-8-15(14)24-21)25-18(27)12-26-17-10-6-5-9-16(17)22-11-19(26)28/h3-11,13,20H,12H2,1-2H3,(H,23,24)(H,25,27)/t20-/m0/s1. The number of hydrogen-bond acceptors (Lipinski definition) is 4. The maximum Gasteiger partial charge on any atom is 0.269 e. The number of rotatable bonds is 5. The van der Waals surface area contributed by atoms with Crippen molar-refractivity contribution < 1.29 is 4.79 Å². The number of aromatic nitrogens is 4. The highest BCUT2D eigenvalue weighted by Gasteiger charge is 2.22. The van der Waals surface area contributed by atoms with Gasteiger partial charge in [-0.1, -0.05) is 38.1 Å². The quantitative estimate of drug-likeness (QED) is 0.561. The van der Waals surface area contributed by atoms with Crippen LogP contribution in [0.15, 0.2) is 59.5 Å². The summed E-state index contributed by atoms with van der Waals surface area (Å²) in [6, 6.07) is 14.7. The normalized spacial score (nSPS) is 12.5. The van der Waals surface area contributed by atoms with Crippen molar-refractivity contribution >= 4 is 28.0 Å². The summed E-state index contributed by atoms with van der Waals surface area (Å²) in [7, 11) is 0. The number of nitrogens with zero attached hydrogens (tertiary/aromatic N) is 3. The lowest BCUT2D eigenvalue weighted by Crippen LogP contribution is -2.37. The van der Waals surface area contributed by atoms with Crippen LogP contribution in [-0.4, -0.2) is 25.4 Å². The Labute approximate surface area is 161 Å². The minimum absolute atomic E-state index is 0.0781. The van der Waals surface area contributed by atoms with E-state index in [0.29, 0.717) is 16.9 Å². The van der Waals surface area contributed by atoms with Gasteiger partial charge in [-0.05, 0) is 30.2 Å². The molecule has 1 amide bonds. The first kappa shape index (κ1) is 17.9. The fourth-order valence-corrected chi connectivity index (χ4v) is 3.31. The molecule has 0 radical (unpaired) electrons. The molecule has 0 bridgehead atoms. The van der Waals surface area contributed by atoms with Crippen LogP contribution >= 0.6 is 0 Å². The largest absolute Gasteiger partial charge is 0.344 e. The van der Waals surface area contributed by atoms with Crippen molar-refractivity contribution in [3.63, 3.8) is 0 Å². The van der Waals surface area contributed by atoms with Crippen LogP contribution in [0.4, 0.5) is 0 Å². The molecule has 4 rings (SSSR count). The summed E-state index contributed by atoms with van der Waals surface area (Å²) in [6.45, 7) is 3.96. The molecular weight excluding hydrogens is 354 g/mol. The summed E-state index contributed by atoms with van der Waals surface area (Å²) < 4.78 is 1.44. The molecule has 0 fully saturated rings. The van der Waals surface area contributed by atoms with Crippen molar-refractivity contribution in [2.75, 3.05) is 0 Å². The van der Waals surface area contributed by atoms with Gasteiger partial charge in [0.25, 0.3) is 5.56 Å². The highest BCUT2D eigenvalue weighted by molar-refractivity contribution is 5.80. The molecule has 7 nitrogen and oxygen atoms in total. The van der Waals surface area contributed by atoms with E-state index in [1.54, 1.807) is 6.07 Å². The molecule has 4 aromatic rings. The third kappa shape index (κ3) is 3.38. The minimum Gasteiger partial charge on any atom is -0.344 e. The monoisotopic (exact) mass is 375 g/mol. The number of H-pyrrole nitrogens is 1. The highest BCUT2D eigenvalue weighted by atomic mass is 16.2. The summed E-state index contributed by atoms with van der Waals surface area (Å²) in [6.07, 6.45) is 1.24. The van der Waals surface area contributed by atoms with Crippen LogP contribution in [0.3, 0.4) is 0 Å². The zero-order valence-electron chi connectivity index (χ0n) is 15.7. The molecule has 1 atom stereocenters. The summed E-state index contributed by atoms with van der Waals surface area (Å²) in [5, 5.41) is 3.02. The van der Waals surface area contributed by atoms with Gasteiger partial charge in [-0.2, -0.15) is 0 Å². The maximum absolute atomic E-state index is 12.8. The molecule has 0 saturated carbocycles. The smallest absolute Gasteiger partial charge is 0.269 e. The van der Waals surface area contributed by atoms with Gasteiger partial charge < -0.3 is 10.3 Å². The van der Waals surface area contributed by atoms with Crippen molar-refractivity contribution in [3.8, 4) is 0 Å². The second-order valence-corrected chi connectivity index (χ2v) is 7.10. The molecule has 0 aliphatic rings. The number of benzene rings is 2. The Morgan fingerprint density at radius 3 is 2.57 bits per heavy atom. The Morgan fingerprint density at radius 2 is 1.82 bits per heavy atom. The van der Waals surface area contributed by atoms with Gasteiger partial charge in [-0.25, -0.2) is 9.97 Å². The first-order valence-electron chi connectivity index (χ1n) is 9.21. The SMILES string of the molecule is CC(C)[C@H](NC(=O)Cn1c(=O)cnc2ccccc21)c1nc2ccccc2[nH]1. The molecular formula is C21H21N5O2. The van der Waals surface area contributed by atoms with E-state index in [9.17, 15) is 9.59 Å². The Bertz CT molecular complexity index is 1180. The topological polar surface area (TPSA) is 92.7 Å². The molecule has 0 aliphatic heterocycles. The Balaban J connectivity index is 1.61. The van der Waals surface area contributed by atoms with E-state index in [1.807, 2.05) is 56.3 Å². The van der Waals surface area contributed by atoms with Gasteiger partial charge in [0.05, 0.1) is 34.3 Å². The zero-order chi connectivity index (χ0) is 19.7. The van der Waals surface area contributed by atoms with Crippen molar-refractivity contribution in [2.45, 2.75) is 26.4 Å². The minimum atomic E-state index is -0.307. The molecule has 2 aromatic carbocycles. The van der Waals surface area contributed by atoms with Crippen LogP contribution in [0.2, 0.25) is 0 Å². The summed E-state index contributed by atoms with van der Waals surface area (Å²) >= 11 is 0. The van der Waals surface area contributed by atoms with E-state index in [2.05, 4.69) is 20.3 Å². The van der Waals surface area contributed by atoms with Crippen molar-refractivity contribution in [2.24, 2.45) is 5.92 Å². The first-order valence-corrected chi connectivity index (χ1v) is 9.21. The van der Waals surface area contributed by atoms with Gasteiger partial charge in [0.1, 0.15) is 12.4 Å². The average molecular weight is 375 g/mol. The second-order valence-electron chi connectivity index (χ2n) is 7.10. The number of fused-ring (bicyclic) bond motifs is 2. The van der Waals surface area contributed by atoms with E-state index in [0.717, 1.165) is 11.0 Å². The van der Waals surface area contributed by atoms with Crippen LogP contribution in [0.5, 0.6) is 0 Å². The lowest BCUT2D eigenvalue weighted by Gasteiger charge is -2.21. The Morgan fingerprint density at radius 1 is 1.11 bits per heavy atom. The molecule has 142 valence electrons. The number of aromatic amines is 1. The molecule has 0 aliphatic carbocycles. The molecule has 2 heterocycles. The van der Waals surface area contributed by atoms with E-state index in [-0.39, 0.29) is 30.0 Å². The van der Waals surface area contributed by atoms with Crippen LogP contribution in [0.1, 0.15) is 25.7 Å². The third-order valence-electron chi connectivity index (χ3n) is 4.74. The van der Waals surface area contributed by atoms with Crippen LogP contribution in [-0.2, 0) is 11.3 Å². The number of nitrogens with one attached hydrogen (secondary N) is 2. The summed E-state index contributed by atoms with van der Waals surface area (Å²) in [4.78, 5) is 37.1. The zero-order valence-corrected chi connectivity index (χ0v) is 15.7. The van der Waals surface area contributed by atoms with Crippen LogP contribution in [0.25, 0.3) is 22.1 Å². The van der Waals surface area contributed by atoms with Gasteiger partial charge in [0, 0.05) is 0 Å². The Hall–Kier alpha value is -3.48. The predicted octanol–water partition coefficient (Wildman–Crippen LogP) is 2.79. The van der Waals surface area contributed by atoms with Gasteiger partial charge in [0.15, 0.2) is 0 Å². The van der Waals surface area contributed by atoms with Gasteiger partial charge in [-0.3, -0.25) is 14.2 Å². The maximum atomic E-state index is 12.8. The molecule has 28 heavy (non-hydrogen) atoms. The molecule has 0 spiro atoms. The van der Waals surface area contributed by atoms with Crippen molar-refractivity contribution in [3.05, 3.63) is 70.9 Å². The molecule has 0 saturated heterocycles. The van der Waals surface area contributed by atoms with Gasteiger partial charge in [-0.15, -0.1) is 0 Å². The lowest BCUT2D eigenvalue weighted by molar-refractivity contribution is -0.122. The van der Waals surface area contributed by atoms with Gasteiger partial charge >= 0.3 is 0 Å². The molecule has 2 aromatic heterocycles. The van der Waals surface area contributed by atoms with Crippen molar-refractivity contribution in [1.29, 1.82) is 0 Å². The highest BCUT2D eigenvalue weighted by Crippen LogP contribution is 2.22. The number of para-hydroxylation sites is 4. The van der Waals surface area contributed by atoms with Crippen LogP contribution in [0, 0.1) is 5.92 Å². The fraction of sp³-hybridized carbons (Fsp3) is 0.238. The third-order valence-corrected chi connectivity index (χ3v) is 4.74. The fourth-order valence-electron chi connectivity index (χ4n) is 3.31. The number of carbonyl (C=O) groups excluding carboxylic acids is 1. The summed E-state index contributed by atoms with van der Waals surface area (Å²) in [5.41, 5.74) is 2.78. The van der Waals surface area contributed by atoms with E-state index in [4.69, 9.17) is 0 Å². The number of amides is 1. The van der Waals surface area contributed by atoms with E-state index >= 15 is 0 Å². The molecule has 7 heteroatoms. The second kappa shape index (κ2) is 7.26. The predicted molar refractivity (Wildman–Crippen MR) is 108 cm³/mol. The van der Waals surface area contributed by atoms with Gasteiger partial charge in [0.2, 0.25) is 5.91 Å². The van der Waals surface area contributed by atoms with E-state index in [1.165, 1.54) is 10.8 Å². The molecule has 0 unspecified atom stereocenters. The molecule has 2 N–H and O–H groups in total. The first-order chi connectivity index (χ1) is 13.5. The van der Waals surface area contributed by atoms with E-state index < -0.39 is 0 Å². The van der Waals surface area contributed by atoms with Crippen LogP contribution < -0.4 is 10.9 Å². The van der Waals surface area contributed by atoms with Crippen molar-refractivity contribution in [1.82, 2.24) is 24.8 Å². The number of imidazole rings is 1. The average Bonchev–Trinajstić information content (AvgIpc) is 3.12. The summed E-state index contributed by atoms with van der Waals surface area (Å²) in [5.74, 6) is 0.574. The number of carbonyl (C=O) groups is 1. The number of hydrogen-bond donors (Lipinski definition) is 2. The Kier molecular flexibility index (Phi) is 4.65.